The van der Waals surface area contributed by atoms with Crippen molar-refractivity contribution in [3.8, 4) is 16.9 Å². The molecule has 0 fully saturated rings. The van der Waals surface area contributed by atoms with Crippen LogP contribution >= 0.6 is 0 Å². The van der Waals surface area contributed by atoms with Gasteiger partial charge in [-0.25, -0.2) is 4.79 Å². The summed E-state index contributed by atoms with van der Waals surface area (Å²) in [5.41, 5.74) is 4.43. The van der Waals surface area contributed by atoms with Gasteiger partial charge in [0.25, 0.3) is 0 Å². The van der Waals surface area contributed by atoms with Gasteiger partial charge in [0.1, 0.15) is 30.7 Å². The zero-order chi connectivity index (χ0) is 26.6. The van der Waals surface area contributed by atoms with Crippen molar-refractivity contribution in [2.24, 2.45) is 0 Å². The lowest BCUT2D eigenvalue weighted by Crippen LogP contribution is -2.46. The third-order valence-corrected chi connectivity index (χ3v) is 7.01. The molecule has 1 aliphatic heterocycles. The molecule has 194 valence electrons. The fourth-order valence-electron chi connectivity index (χ4n) is 5.03. The van der Waals surface area contributed by atoms with Crippen LogP contribution in [-0.4, -0.2) is 23.6 Å². The predicted molar refractivity (Wildman–Crippen MR) is 149 cm³/mol. The minimum Gasteiger partial charge on any atom is -0.478 e. The van der Waals surface area contributed by atoms with Gasteiger partial charge in [-0.2, -0.15) is 0 Å². The Morgan fingerprint density at radius 2 is 1.51 bits per heavy atom. The van der Waals surface area contributed by atoms with Crippen molar-refractivity contribution in [2.75, 3.05) is 6.73 Å². The molecule has 0 bridgehead atoms. The molecule has 1 aromatic heterocycles. The first-order valence-corrected chi connectivity index (χ1v) is 12.9. The van der Waals surface area contributed by atoms with Gasteiger partial charge < -0.3 is 13.9 Å². The summed E-state index contributed by atoms with van der Waals surface area (Å²) < 4.78 is 17.7. The van der Waals surface area contributed by atoms with Crippen molar-refractivity contribution in [2.45, 2.75) is 25.6 Å². The lowest BCUT2D eigenvalue weighted by molar-refractivity contribution is -0.153. The Kier molecular flexibility index (Phi) is 6.93. The van der Waals surface area contributed by atoms with Gasteiger partial charge in [-0.1, -0.05) is 91.0 Å². The van der Waals surface area contributed by atoms with Crippen LogP contribution in [0.15, 0.2) is 118 Å². The normalized spacial score (nSPS) is 13.8. The fraction of sp³-hybridized carbons (Fsp3) is 0.152. The molecule has 39 heavy (non-hydrogen) atoms. The van der Waals surface area contributed by atoms with E-state index in [4.69, 9.17) is 13.9 Å². The molecule has 6 heteroatoms. The van der Waals surface area contributed by atoms with Gasteiger partial charge in [-0.3, -0.25) is 9.69 Å². The van der Waals surface area contributed by atoms with E-state index < -0.39 is 11.7 Å². The zero-order valence-electron chi connectivity index (χ0n) is 21.3. The summed E-state index contributed by atoms with van der Waals surface area (Å²) in [7, 11) is 0. The molecule has 2 heterocycles. The quantitative estimate of drug-likeness (QED) is 0.196. The minimum absolute atomic E-state index is 0.189. The summed E-state index contributed by atoms with van der Waals surface area (Å²) >= 11 is 0. The highest BCUT2D eigenvalue weighted by Gasteiger charge is 2.33. The van der Waals surface area contributed by atoms with Crippen molar-refractivity contribution in [1.29, 1.82) is 0 Å². The maximum Gasteiger partial charge on any atom is 0.336 e. The smallest absolute Gasteiger partial charge is 0.336 e. The first-order chi connectivity index (χ1) is 19.2. The molecule has 1 aliphatic rings. The van der Waals surface area contributed by atoms with E-state index in [0.717, 1.165) is 33.2 Å². The summed E-state index contributed by atoms with van der Waals surface area (Å²) in [4.78, 5) is 28.1. The molecule has 1 atom stereocenters. The zero-order valence-corrected chi connectivity index (χ0v) is 21.3. The van der Waals surface area contributed by atoms with E-state index in [-0.39, 0.29) is 19.3 Å². The Morgan fingerprint density at radius 3 is 2.23 bits per heavy atom. The number of hydrogen-bond acceptors (Lipinski definition) is 6. The third-order valence-electron chi connectivity index (χ3n) is 7.01. The summed E-state index contributed by atoms with van der Waals surface area (Å²) in [5.74, 6) is 0.310. The Hall–Kier alpha value is -4.68. The highest BCUT2D eigenvalue weighted by molar-refractivity contribution is 5.95. The van der Waals surface area contributed by atoms with Crippen molar-refractivity contribution in [1.82, 2.24) is 4.90 Å². The van der Waals surface area contributed by atoms with Crippen molar-refractivity contribution < 1.29 is 18.7 Å². The van der Waals surface area contributed by atoms with E-state index in [1.807, 2.05) is 108 Å². The summed E-state index contributed by atoms with van der Waals surface area (Å²) in [5, 5.41) is 0.816. The Balaban J connectivity index is 1.35. The van der Waals surface area contributed by atoms with Crippen LogP contribution in [0.3, 0.4) is 0 Å². The van der Waals surface area contributed by atoms with Crippen molar-refractivity contribution in [3.05, 3.63) is 136 Å². The van der Waals surface area contributed by atoms with Gasteiger partial charge in [0, 0.05) is 18.0 Å². The molecule has 0 aliphatic carbocycles. The first kappa shape index (κ1) is 24.6. The van der Waals surface area contributed by atoms with Crippen LogP contribution in [0.5, 0.6) is 5.75 Å². The number of rotatable bonds is 7. The molecule has 0 radical (unpaired) electrons. The predicted octanol–water partition coefficient (Wildman–Crippen LogP) is 5.97. The summed E-state index contributed by atoms with van der Waals surface area (Å²) in [6, 6.07) is 34.0. The average molecular weight is 518 g/mol. The maximum atomic E-state index is 13.5. The number of fused-ring (bicyclic) bond motifs is 3. The first-order valence-electron chi connectivity index (χ1n) is 12.9. The second kappa shape index (κ2) is 11.0. The highest BCUT2D eigenvalue weighted by atomic mass is 16.5. The topological polar surface area (TPSA) is 69.0 Å². The molecule has 0 saturated carbocycles. The molecular formula is C33H27NO5. The molecule has 0 saturated heterocycles. The Labute approximate surface area is 226 Å². The molecule has 6 rings (SSSR count). The van der Waals surface area contributed by atoms with Gasteiger partial charge in [-0.05, 0) is 40.8 Å². The number of ether oxygens (including phenoxy) is 2. The van der Waals surface area contributed by atoms with E-state index in [2.05, 4.69) is 0 Å². The molecule has 0 spiro atoms. The molecule has 1 unspecified atom stereocenters. The van der Waals surface area contributed by atoms with Gasteiger partial charge in [-0.15, -0.1) is 0 Å². The van der Waals surface area contributed by atoms with Crippen molar-refractivity contribution >= 4 is 16.9 Å². The van der Waals surface area contributed by atoms with Crippen LogP contribution in [0.4, 0.5) is 0 Å². The number of carbonyl (C=O) groups is 1. The fourth-order valence-corrected chi connectivity index (χ4v) is 5.03. The van der Waals surface area contributed by atoms with E-state index in [1.165, 1.54) is 6.07 Å². The Bertz CT molecular complexity index is 1650. The lowest BCUT2D eigenvalue weighted by Gasteiger charge is -2.34. The monoisotopic (exact) mass is 517 g/mol. The minimum atomic E-state index is -0.594. The van der Waals surface area contributed by atoms with Crippen LogP contribution in [0.2, 0.25) is 0 Å². The number of esters is 1. The molecule has 4 aromatic carbocycles. The average Bonchev–Trinajstić information content (AvgIpc) is 2.99. The molecular weight excluding hydrogens is 490 g/mol. The van der Waals surface area contributed by atoms with E-state index in [1.54, 1.807) is 0 Å². The van der Waals surface area contributed by atoms with Gasteiger partial charge in [0.15, 0.2) is 0 Å². The SMILES string of the molecule is O=C(OCc1ccccc1)C(Cc1ccccc1)N1COc2ccc3c(-c4ccccc4)cc(=O)oc3c2C1. The third kappa shape index (κ3) is 5.33. The van der Waals surface area contributed by atoms with Crippen LogP contribution < -0.4 is 10.4 Å². The second-order valence-electron chi connectivity index (χ2n) is 9.58. The van der Waals surface area contributed by atoms with E-state index in [0.29, 0.717) is 24.3 Å². The number of hydrogen-bond donors (Lipinski definition) is 0. The van der Waals surface area contributed by atoms with Gasteiger partial charge >= 0.3 is 11.6 Å². The highest BCUT2D eigenvalue weighted by Crippen LogP contribution is 2.36. The van der Waals surface area contributed by atoms with Gasteiger partial charge in [0.2, 0.25) is 0 Å². The molecule has 6 nitrogen and oxygen atoms in total. The number of benzene rings is 4. The van der Waals surface area contributed by atoms with Crippen LogP contribution in [0, 0.1) is 0 Å². The summed E-state index contributed by atoms with van der Waals surface area (Å²) in [6.07, 6.45) is 0.455. The summed E-state index contributed by atoms with van der Waals surface area (Å²) in [6.45, 7) is 0.763. The second-order valence-corrected chi connectivity index (χ2v) is 9.58. The molecule has 0 amide bonds. The van der Waals surface area contributed by atoms with E-state index in [9.17, 15) is 9.59 Å². The van der Waals surface area contributed by atoms with Crippen LogP contribution in [0.25, 0.3) is 22.1 Å². The molecule has 0 N–H and O–H groups in total. The maximum absolute atomic E-state index is 13.5. The van der Waals surface area contributed by atoms with Crippen LogP contribution in [0.1, 0.15) is 16.7 Å². The van der Waals surface area contributed by atoms with Gasteiger partial charge in [0.05, 0.1) is 5.56 Å². The Morgan fingerprint density at radius 1 is 0.846 bits per heavy atom. The molecule has 5 aromatic rings. The van der Waals surface area contributed by atoms with Crippen LogP contribution in [-0.2, 0) is 29.1 Å². The number of nitrogens with zero attached hydrogens (tertiary/aromatic N) is 1. The van der Waals surface area contributed by atoms with Crippen molar-refractivity contribution in [3.63, 3.8) is 0 Å². The standard InChI is InChI=1S/C33H27NO5/c35-31-19-27(25-14-8-3-9-15-25)26-16-17-30-28(32(26)39-31)20-34(22-38-30)29(18-23-10-4-1-5-11-23)33(36)37-21-24-12-6-2-7-13-24/h1-17,19,29H,18,20-22H2. The largest absolute Gasteiger partial charge is 0.478 e. The lowest BCUT2D eigenvalue weighted by atomic mass is 9.98. The number of carbonyl (C=O) groups excluding carboxylic acids is 1. The van der Waals surface area contributed by atoms with E-state index >= 15 is 0 Å².